The lowest BCUT2D eigenvalue weighted by Gasteiger charge is -2.39. The standard InChI is InChI=1S/C17H26FN3O/c1-13-10-20(11-14(2)22-13)12-15-6-8-21(9-7-15)17-5-3-4-16(18)19-17/h3-5,13-15H,6-12H2,1-2H3. The number of anilines is 1. The van der Waals surface area contributed by atoms with Crippen molar-refractivity contribution in [3.05, 3.63) is 24.1 Å². The fourth-order valence-corrected chi connectivity index (χ4v) is 3.72. The van der Waals surface area contributed by atoms with Gasteiger partial charge >= 0.3 is 0 Å². The van der Waals surface area contributed by atoms with Crippen LogP contribution in [0.15, 0.2) is 18.2 Å². The van der Waals surface area contributed by atoms with E-state index in [9.17, 15) is 4.39 Å². The highest BCUT2D eigenvalue weighted by Gasteiger charge is 2.26. The van der Waals surface area contributed by atoms with Crippen LogP contribution in [-0.4, -0.2) is 54.8 Å². The van der Waals surface area contributed by atoms with Crippen molar-refractivity contribution >= 4 is 5.82 Å². The van der Waals surface area contributed by atoms with E-state index in [1.165, 1.54) is 6.07 Å². The number of hydrogen-bond donors (Lipinski definition) is 0. The van der Waals surface area contributed by atoms with E-state index in [2.05, 4.69) is 28.6 Å². The maximum absolute atomic E-state index is 13.2. The van der Waals surface area contributed by atoms with Gasteiger partial charge in [-0.1, -0.05) is 6.07 Å². The van der Waals surface area contributed by atoms with Crippen LogP contribution < -0.4 is 4.90 Å². The van der Waals surface area contributed by atoms with Crippen LogP contribution in [0.4, 0.5) is 10.2 Å². The van der Waals surface area contributed by atoms with Crippen molar-refractivity contribution in [1.29, 1.82) is 0 Å². The lowest BCUT2D eigenvalue weighted by molar-refractivity contribution is -0.0720. The van der Waals surface area contributed by atoms with E-state index in [-0.39, 0.29) is 0 Å². The number of piperidine rings is 1. The summed E-state index contributed by atoms with van der Waals surface area (Å²) >= 11 is 0. The fraction of sp³-hybridized carbons (Fsp3) is 0.706. The summed E-state index contributed by atoms with van der Waals surface area (Å²) in [6, 6.07) is 5.03. The van der Waals surface area contributed by atoms with Crippen LogP contribution in [0.5, 0.6) is 0 Å². The molecule has 0 amide bonds. The van der Waals surface area contributed by atoms with Crippen molar-refractivity contribution in [3.63, 3.8) is 0 Å². The summed E-state index contributed by atoms with van der Waals surface area (Å²) in [6.07, 6.45) is 2.97. The molecule has 2 aliphatic heterocycles. The number of nitrogens with zero attached hydrogens (tertiary/aromatic N) is 3. The van der Waals surface area contributed by atoms with Gasteiger partial charge in [0.1, 0.15) is 5.82 Å². The summed E-state index contributed by atoms with van der Waals surface area (Å²) in [7, 11) is 0. The Morgan fingerprint density at radius 1 is 1.18 bits per heavy atom. The minimum atomic E-state index is -0.393. The maximum Gasteiger partial charge on any atom is 0.214 e. The van der Waals surface area contributed by atoms with Gasteiger partial charge in [-0.25, -0.2) is 4.98 Å². The summed E-state index contributed by atoms with van der Waals surface area (Å²) in [4.78, 5) is 8.73. The molecule has 0 radical (unpaired) electrons. The lowest BCUT2D eigenvalue weighted by Crippen LogP contribution is -2.48. The van der Waals surface area contributed by atoms with Gasteiger partial charge in [0.25, 0.3) is 0 Å². The first kappa shape index (κ1) is 15.7. The summed E-state index contributed by atoms with van der Waals surface area (Å²) in [5, 5.41) is 0. The molecule has 4 nitrogen and oxygen atoms in total. The average Bonchev–Trinajstić information content (AvgIpc) is 2.47. The Bertz CT molecular complexity index is 481. The summed E-state index contributed by atoms with van der Waals surface area (Å²) in [5.41, 5.74) is 0. The predicted molar refractivity (Wildman–Crippen MR) is 85.6 cm³/mol. The molecule has 1 aromatic heterocycles. The van der Waals surface area contributed by atoms with Crippen molar-refractivity contribution in [2.75, 3.05) is 37.6 Å². The third kappa shape index (κ3) is 3.96. The Balaban J connectivity index is 1.49. The van der Waals surface area contributed by atoms with E-state index < -0.39 is 5.95 Å². The van der Waals surface area contributed by atoms with Crippen LogP contribution in [0.3, 0.4) is 0 Å². The minimum absolute atomic E-state index is 0.334. The zero-order chi connectivity index (χ0) is 15.5. The molecule has 2 saturated heterocycles. The largest absolute Gasteiger partial charge is 0.373 e. The highest BCUT2D eigenvalue weighted by Crippen LogP contribution is 2.24. The molecule has 0 bridgehead atoms. The maximum atomic E-state index is 13.2. The van der Waals surface area contributed by atoms with Crippen molar-refractivity contribution in [3.8, 4) is 0 Å². The van der Waals surface area contributed by atoms with E-state index >= 15 is 0 Å². The second-order valence-electron chi connectivity index (χ2n) is 6.72. The molecule has 2 atom stereocenters. The molecule has 3 heterocycles. The molecule has 2 aliphatic rings. The normalized spacial score (nSPS) is 28.0. The van der Waals surface area contributed by atoms with E-state index in [4.69, 9.17) is 4.74 Å². The smallest absolute Gasteiger partial charge is 0.214 e. The van der Waals surface area contributed by atoms with Crippen molar-refractivity contribution in [2.24, 2.45) is 5.92 Å². The van der Waals surface area contributed by atoms with Gasteiger partial charge in [0.15, 0.2) is 0 Å². The van der Waals surface area contributed by atoms with Crippen LogP contribution in [0.2, 0.25) is 0 Å². The first-order valence-electron chi connectivity index (χ1n) is 8.35. The highest BCUT2D eigenvalue weighted by molar-refractivity contribution is 5.38. The van der Waals surface area contributed by atoms with Gasteiger partial charge in [-0.05, 0) is 44.7 Å². The Kier molecular flexibility index (Phi) is 4.93. The molecule has 0 spiro atoms. The Hall–Kier alpha value is -1.20. The molecule has 0 N–H and O–H groups in total. The van der Waals surface area contributed by atoms with Crippen molar-refractivity contribution in [1.82, 2.24) is 9.88 Å². The lowest BCUT2D eigenvalue weighted by atomic mass is 9.95. The van der Waals surface area contributed by atoms with E-state index in [0.717, 1.165) is 57.3 Å². The minimum Gasteiger partial charge on any atom is -0.373 e. The van der Waals surface area contributed by atoms with E-state index in [0.29, 0.717) is 12.2 Å². The van der Waals surface area contributed by atoms with Crippen LogP contribution in [0.25, 0.3) is 0 Å². The third-order valence-corrected chi connectivity index (χ3v) is 4.65. The van der Waals surface area contributed by atoms with Gasteiger partial charge in [0.05, 0.1) is 12.2 Å². The molecular weight excluding hydrogens is 281 g/mol. The molecule has 22 heavy (non-hydrogen) atoms. The number of hydrogen-bond acceptors (Lipinski definition) is 4. The molecule has 3 rings (SSSR count). The van der Waals surface area contributed by atoms with Crippen LogP contribution in [0.1, 0.15) is 26.7 Å². The SMILES string of the molecule is CC1CN(CC2CCN(c3cccc(F)n3)CC2)CC(C)O1. The number of morpholine rings is 1. The molecule has 0 saturated carbocycles. The number of pyridine rings is 1. The number of halogens is 1. The zero-order valence-electron chi connectivity index (χ0n) is 13.5. The quantitative estimate of drug-likeness (QED) is 0.803. The molecular formula is C17H26FN3O. The third-order valence-electron chi connectivity index (χ3n) is 4.65. The molecule has 5 heteroatoms. The summed E-state index contributed by atoms with van der Waals surface area (Å²) < 4.78 is 19.0. The fourth-order valence-electron chi connectivity index (χ4n) is 3.72. The van der Waals surface area contributed by atoms with Crippen molar-refractivity contribution in [2.45, 2.75) is 38.9 Å². The summed E-state index contributed by atoms with van der Waals surface area (Å²) in [5.74, 6) is 1.10. The van der Waals surface area contributed by atoms with Gasteiger partial charge in [-0.3, -0.25) is 4.90 Å². The van der Waals surface area contributed by atoms with Gasteiger partial charge < -0.3 is 9.64 Å². The van der Waals surface area contributed by atoms with Gasteiger partial charge in [0.2, 0.25) is 5.95 Å². The van der Waals surface area contributed by atoms with Crippen LogP contribution >= 0.6 is 0 Å². The zero-order valence-corrected chi connectivity index (χ0v) is 13.5. The number of aromatic nitrogens is 1. The molecule has 0 aliphatic carbocycles. The second-order valence-corrected chi connectivity index (χ2v) is 6.72. The second kappa shape index (κ2) is 6.92. The monoisotopic (exact) mass is 307 g/mol. The number of ether oxygens (including phenoxy) is 1. The molecule has 2 unspecified atom stereocenters. The van der Waals surface area contributed by atoms with E-state index in [1.54, 1.807) is 6.07 Å². The van der Waals surface area contributed by atoms with Gasteiger partial charge in [-0.2, -0.15) is 4.39 Å². The van der Waals surface area contributed by atoms with Crippen LogP contribution in [0, 0.1) is 11.9 Å². The predicted octanol–water partition coefficient (Wildman–Crippen LogP) is 2.55. The summed E-state index contributed by atoms with van der Waals surface area (Å²) in [6.45, 7) is 9.48. The van der Waals surface area contributed by atoms with E-state index in [1.807, 2.05) is 6.07 Å². The first-order chi connectivity index (χ1) is 10.6. The highest BCUT2D eigenvalue weighted by atomic mass is 19.1. The molecule has 0 aromatic carbocycles. The Morgan fingerprint density at radius 3 is 2.50 bits per heavy atom. The molecule has 1 aromatic rings. The van der Waals surface area contributed by atoms with Gasteiger partial charge in [0, 0.05) is 32.7 Å². The Labute approximate surface area is 132 Å². The Morgan fingerprint density at radius 2 is 1.86 bits per heavy atom. The average molecular weight is 307 g/mol. The first-order valence-corrected chi connectivity index (χ1v) is 8.35. The molecule has 122 valence electrons. The van der Waals surface area contributed by atoms with Crippen molar-refractivity contribution < 1.29 is 9.13 Å². The van der Waals surface area contributed by atoms with Gasteiger partial charge in [-0.15, -0.1) is 0 Å². The molecule has 2 fully saturated rings. The topological polar surface area (TPSA) is 28.6 Å². The number of rotatable bonds is 3. The van der Waals surface area contributed by atoms with Crippen LogP contribution in [-0.2, 0) is 4.74 Å².